The van der Waals surface area contributed by atoms with E-state index in [1.165, 1.54) is 0 Å². The van der Waals surface area contributed by atoms with Crippen LogP contribution in [-0.4, -0.2) is 21.3 Å². The molecule has 0 aromatic carbocycles. The fraction of sp³-hybridized carbons (Fsp3) is 0.600. The van der Waals surface area contributed by atoms with Crippen molar-refractivity contribution in [2.45, 2.75) is 33.7 Å². The first-order valence-corrected chi connectivity index (χ1v) is 4.79. The van der Waals surface area contributed by atoms with Crippen LogP contribution < -0.4 is 5.56 Å². The highest BCUT2D eigenvalue weighted by atomic mass is 16.3. The zero-order valence-electron chi connectivity index (χ0n) is 8.87. The zero-order chi connectivity index (χ0) is 10.7. The molecule has 4 nitrogen and oxygen atoms in total. The average Bonchev–Trinajstić information content (AvgIpc) is 2.18. The van der Waals surface area contributed by atoms with Crippen molar-refractivity contribution in [2.75, 3.05) is 6.61 Å². The van der Waals surface area contributed by atoms with Gasteiger partial charge in [0.05, 0.1) is 12.3 Å². The van der Waals surface area contributed by atoms with Crippen LogP contribution in [0.25, 0.3) is 0 Å². The molecule has 0 amide bonds. The molecule has 0 saturated carbocycles. The quantitative estimate of drug-likeness (QED) is 0.762. The van der Waals surface area contributed by atoms with E-state index in [4.69, 9.17) is 5.11 Å². The van der Waals surface area contributed by atoms with Gasteiger partial charge in [-0.2, -0.15) is 0 Å². The molecule has 0 atom stereocenters. The summed E-state index contributed by atoms with van der Waals surface area (Å²) >= 11 is 0. The second kappa shape index (κ2) is 4.37. The van der Waals surface area contributed by atoms with E-state index in [1.807, 2.05) is 20.8 Å². The molecule has 4 heteroatoms. The molecule has 0 spiro atoms. The van der Waals surface area contributed by atoms with Crippen molar-refractivity contribution in [3.8, 4) is 0 Å². The Labute approximate surface area is 83.2 Å². The fourth-order valence-corrected chi connectivity index (χ4v) is 1.43. The lowest BCUT2D eigenvalue weighted by Crippen LogP contribution is -2.29. The lowest BCUT2D eigenvalue weighted by molar-refractivity contribution is 0.272. The van der Waals surface area contributed by atoms with Gasteiger partial charge in [-0.1, -0.05) is 6.92 Å². The second-order valence-corrected chi connectivity index (χ2v) is 3.26. The number of hydrogen-bond acceptors (Lipinski definition) is 3. The van der Waals surface area contributed by atoms with E-state index in [0.717, 1.165) is 11.4 Å². The van der Waals surface area contributed by atoms with Gasteiger partial charge < -0.3 is 9.67 Å². The van der Waals surface area contributed by atoms with E-state index >= 15 is 0 Å². The molecule has 0 aliphatic heterocycles. The van der Waals surface area contributed by atoms with Crippen LogP contribution in [0.1, 0.15) is 24.0 Å². The minimum Gasteiger partial charge on any atom is -0.395 e. The molecule has 1 aromatic heterocycles. The molecule has 0 aliphatic rings. The molecule has 1 heterocycles. The molecule has 0 saturated heterocycles. The predicted octanol–water partition coefficient (Wildman–Crippen LogP) is 0.415. The van der Waals surface area contributed by atoms with E-state index in [0.29, 0.717) is 18.7 Å². The van der Waals surface area contributed by atoms with Gasteiger partial charge in [0, 0.05) is 12.2 Å². The smallest absolute Gasteiger partial charge is 0.272 e. The lowest BCUT2D eigenvalue weighted by atomic mass is 10.2. The monoisotopic (exact) mass is 196 g/mol. The number of aliphatic hydroxyl groups is 1. The van der Waals surface area contributed by atoms with Crippen LogP contribution in [0.3, 0.4) is 0 Å². The number of nitrogens with zero attached hydrogens (tertiary/aromatic N) is 2. The van der Waals surface area contributed by atoms with Gasteiger partial charge in [-0.25, -0.2) is 0 Å². The molecule has 0 aliphatic carbocycles. The number of aryl methyl sites for hydroxylation is 2. The molecule has 1 rings (SSSR count). The first kappa shape index (κ1) is 10.9. The minimum absolute atomic E-state index is 0.0205. The molecule has 14 heavy (non-hydrogen) atoms. The minimum atomic E-state index is -0.0790. The Morgan fingerprint density at radius 3 is 2.57 bits per heavy atom. The fourth-order valence-electron chi connectivity index (χ4n) is 1.43. The van der Waals surface area contributed by atoms with Crippen molar-refractivity contribution >= 4 is 0 Å². The highest BCUT2D eigenvalue weighted by molar-refractivity contribution is 5.13. The average molecular weight is 196 g/mol. The maximum atomic E-state index is 11.8. The zero-order valence-corrected chi connectivity index (χ0v) is 8.87. The largest absolute Gasteiger partial charge is 0.395 e. The second-order valence-electron chi connectivity index (χ2n) is 3.26. The molecule has 0 unspecified atom stereocenters. The SMILES string of the molecule is CCc1nc(C)c(C)n(CCO)c1=O. The van der Waals surface area contributed by atoms with Crippen LogP contribution in [0, 0.1) is 13.8 Å². The number of rotatable bonds is 3. The van der Waals surface area contributed by atoms with Crippen molar-refractivity contribution < 1.29 is 5.11 Å². The van der Waals surface area contributed by atoms with Crippen molar-refractivity contribution in [1.29, 1.82) is 0 Å². The highest BCUT2D eigenvalue weighted by Crippen LogP contribution is 2.02. The first-order valence-electron chi connectivity index (χ1n) is 4.79. The maximum absolute atomic E-state index is 11.8. The van der Waals surface area contributed by atoms with Crippen LogP contribution in [0.4, 0.5) is 0 Å². The van der Waals surface area contributed by atoms with Crippen LogP contribution in [-0.2, 0) is 13.0 Å². The normalized spacial score (nSPS) is 10.6. The summed E-state index contributed by atoms with van der Waals surface area (Å²) in [4.78, 5) is 16.0. The van der Waals surface area contributed by atoms with Gasteiger partial charge >= 0.3 is 0 Å². The molecular formula is C10H16N2O2. The molecular weight excluding hydrogens is 180 g/mol. The Balaban J connectivity index is 3.37. The van der Waals surface area contributed by atoms with Crippen molar-refractivity contribution in [3.63, 3.8) is 0 Å². The van der Waals surface area contributed by atoms with E-state index in [9.17, 15) is 4.79 Å². The maximum Gasteiger partial charge on any atom is 0.272 e. The van der Waals surface area contributed by atoms with Crippen LogP contribution in [0.5, 0.6) is 0 Å². The Bertz CT molecular complexity index is 382. The number of hydrogen-bond donors (Lipinski definition) is 1. The lowest BCUT2D eigenvalue weighted by Gasteiger charge is -2.11. The van der Waals surface area contributed by atoms with Gasteiger partial charge in [0.25, 0.3) is 5.56 Å². The van der Waals surface area contributed by atoms with E-state index in [-0.39, 0.29) is 12.2 Å². The Kier molecular flexibility index (Phi) is 3.41. The van der Waals surface area contributed by atoms with Crippen molar-refractivity contribution in [3.05, 3.63) is 27.4 Å². The summed E-state index contributed by atoms with van der Waals surface area (Å²) in [6, 6.07) is 0. The third kappa shape index (κ3) is 1.85. The molecule has 0 bridgehead atoms. The van der Waals surface area contributed by atoms with Gasteiger partial charge in [-0.15, -0.1) is 0 Å². The van der Waals surface area contributed by atoms with Crippen LogP contribution >= 0.6 is 0 Å². The van der Waals surface area contributed by atoms with Crippen molar-refractivity contribution in [1.82, 2.24) is 9.55 Å². The Morgan fingerprint density at radius 2 is 2.07 bits per heavy atom. The molecule has 0 fully saturated rings. The summed E-state index contributed by atoms with van der Waals surface area (Å²) < 4.78 is 1.58. The molecule has 1 N–H and O–H groups in total. The van der Waals surface area contributed by atoms with Crippen LogP contribution in [0.2, 0.25) is 0 Å². The molecule has 1 aromatic rings. The van der Waals surface area contributed by atoms with Crippen molar-refractivity contribution in [2.24, 2.45) is 0 Å². The first-order chi connectivity index (χ1) is 6.61. The highest BCUT2D eigenvalue weighted by Gasteiger charge is 2.08. The third-order valence-corrected chi connectivity index (χ3v) is 2.38. The predicted molar refractivity (Wildman–Crippen MR) is 54.4 cm³/mol. The summed E-state index contributed by atoms with van der Waals surface area (Å²) in [6.45, 7) is 5.96. The summed E-state index contributed by atoms with van der Waals surface area (Å²) in [5.74, 6) is 0. The number of aromatic nitrogens is 2. The van der Waals surface area contributed by atoms with Gasteiger partial charge in [-0.05, 0) is 20.3 Å². The van der Waals surface area contributed by atoms with E-state index in [2.05, 4.69) is 4.98 Å². The topological polar surface area (TPSA) is 55.1 Å². The van der Waals surface area contributed by atoms with Crippen LogP contribution in [0.15, 0.2) is 4.79 Å². The summed E-state index contributed by atoms with van der Waals surface area (Å²) in [5, 5.41) is 8.84. The number of aliphatic hydroxyl groups excluding tert-OH is 1. The van der Waals surface area contributed by atoms with E-state index < -0.39 is 0 Å². The summed E-state index contributed by atoms with van der Waals surface area (Å²) in [6.07, 6.45) is 0.630. The van der Waals surface area contributed by atoms with Gasteiger partial charge in [0.1, 0.15) is 5.69 Å². The van der Waals surface area contributed by atoms with Gasteiger partial charge in [0.15, 0.2) is 0 Å². The van der Waals surface area contributed by atoms with Gasteiger partial charge in [0.2, 0.25) is 0 Å². The Hall–Kier alpha value is -1.16. The molecule has 0 radical (unpaired) electrons. The third-order valence-electron chi connectivity index (χ3n) is 2.38. The standard InChI is InChI=1S/C10H16N2O2/c1-4-9-10(14)12(5-6-13)8(3)7(2)11-9/h13H,4-6H2,1-3H3. The van der Waals surface area contributed by atoms with Gasteiger partial charge in [-0.3, -0.25) is 9.78 Å². The van der Waals surface area contributed by atoms with E-state index in [1.54, 1.807) is 4.57 Å². The molecule has 78 valence electrons. The summed E-state index contributed by atoms with van der Waals surface area (Å²) in [5.41, 5.74) is 2.18. The Morgan fingerprint density at radius 1 is 1.43 bits per heavy atom. The summed E-state index contributed by atoms with van der Waals surface area (Å²) in [7, 11) is 0.